The lowest BCUT2D eigenvalue weighted by Gasteiger charge is -2.11. The molecule has 1 aromatic heterocycles. The number of carbonyl (C=O) groups excluding carboxylic acids is 1. The summed E-state index contributed by atoms with van der Waals surface area (Å²) in [5.74, 6) is -0.123. The van der Waals surface area contributed by atoms with Gasteiger partial charge in [-0.2, -0.15) is 4.83 Å². The number of hydrogen-bond donors (Lipinski definition) is 3. The molecule has 140 valence electrons. The number of amides is 1. The lowest BCUT2D eigenvalue weighted by atomic mass is 9.96. The molecule has 3 aromatic rings. The first-order chi connectivity index (χ1) is 13.6. The van der Waals surface area contributed by atoms with Crippen LogP contribution >= 0.6 is 11.9 Å². The number of nitrogens with zero attached hydrogens (tertiary/aromatic N) is 1. The van der Waals surface area contributed by atoms with E-state index in [2.05, 4.69) is 51.7 Å². The number of benzene rings is 2. The van der Waals surface area contributed by atoms with Crippen LogP contribution in [0.15, 0.2) is 77.6 Å². The van der Waals surface area contributed by atoms with Crippen LogP contribution in [0.1, 0.15) is 12.5 Å². The Balaban J connectivity index is 1.57. The summed E-state index contributed by atoms with van der Waals surface area (Å²) in [7, 11) is 0. The third kappa shape index (κ3) is 3.78. The molecule has 1 amide bonds. The fourth-order valence-electron chi connectivity index (χ4n) is 3.07. The highest BCUT2D eigenvalue weighted by molar-refractivity contribution is 8.02. The van der Waals surface area contributed by atoms with Gasteiger partial charge in [0.05, 0.1) is 0 Å². The fourth-order valence-corrected chi connectivity index (χ4v) is 3.72. The van der Waals surface area contributed by atoms with E-state index in [1.807, 2.05) is 43.5 Å². The molecular weight excluding hydrogens is 368 g/mol. The van der Waals surface area contributed by atoms with Crippen LogP contribution in [-0.2, 0) is 4.79 Å². The van der Waals surface area contributed by atoms with Crippen LogP contribution in [-0.4, -0.2) is 10.9 Å². The molecule has 0 aliphatic carbocycles. The Bertz CT molecular complexity index is 1050. The molecule has 0 fully saturated rings. The first-order valence-electron chi connectivity index (χ1n) is 8.93. The van der Waals surface area contributed by atoms with Gasteiger partial charge in [0.1, 0.15) is 4.91 Å². The number of rotatable bonds is 4. The maximum atomic E-state index is 12.4. The fraction of sp³-hybridized carbons (Fsp3) is 0.0909. The first-order valence-corrected chi connectivity index (χ1v) is 9.75. The minimum atomic E-state index is -0.123. The van der Waals surface area contributed by atoms with Crippen LogP contribution in [0.5, 0.6) is 0 Å². The van der Waals surface area contributed by atoms with E-state index in [0.717, 1.165) is 33.6 Å². The van der Waals surface area contributed by atoms with Gasteiger partial charge in [-0.05, 0) is 72.3 Å². The second kappa shape index (κ2) is 7.88. The van der Waals surface area contributed by atoms with Crippen molar-refractivity contribution in [1.82, 2.24) is 15.2 Å². The molecule has 4 rings (SSSR count). The number of aryl methyl sites for hydroxylation is 1. The predicted molar refractivity (Wildman–Crippen MR) is 115 cm³/mol. The maximum Gasteiger partial charge on any atom is 0.265 e. The van der Waals surface area contributed by atoms with Gasteiger partial charge >= 0.3 is 0 Å². The number of nitrogens with one attached hydrogen (secondary N) is 3. The Labute approximate surface area is 168 Å². The van der Waals surface area contributed by atoms with Gasteiger partial charge in [-0.15, -0.1) is 0 Å². The van der Waals surface area contributed by atoms with E-state index in [4.69, 9.17) is 0 Å². The van der Waals surface area contributed by atoms with Gasteiger partial charge < -0.3 is 10.7 Å². The van der Waals surface area contributed by atoms with Crippen molar-refractivity contribution >= 4 is 23.5 Å². The number of carbonyl (C=O) groups is 1. The molecule has 0 radical (unpaired) electrons. The predicted octanol–water partition coefficient (Wildman–Crippen LogP) is 4.65. The molecule has 0 saturated carbocycles. The summed E-state index contributed by atoms with van der Waals surface area (Å²) < 4.78 is 0. The molecule has 6 heteroatoms. The Morgan fingerprint density at radius 2 is 1.79 bits per heavy atom. The smallest absolute Gasteiger partial charge is 0.265 e. The summed E-state index contributed by atoms with van der Waals surface area (Å²) in [5, 5.41) is 2.94. The van der Waals surface area contributed by atoms with Crippen LogP contribution < -0.4 is 15.6 Å². The minimum Gasteiger partial charge on any atom is -0.321 e. The molecule has 2 aromatic carbocycles. The van der Waals surface area contributed by atoms with Crippen molar-refractivity contribution in [2.75, 3.05) is 5.32 Å². The van der Waals surface area contributed by atoms with E-state index < -0.39 is 0 Å². The highest BCUT2D eigenvalue weighted by Gasteiger charge is 2.19. The Kier molecular flexibility index (Phi) is 5.14. The van der Waals surface area contributed by atoms with E-state index >= 15 is 0 Å². The SMILES string of the molecule is CC1=C(C(=O)Nc2ccc(-c3cc(-c4cccnc4)ccc3C)cc2)SNN1. The van der Waals surface area contributed by atoms with Gasteiger partial charge in [0.15, 0.2) is 0 Å². The van der Waals surface area contributed by atoms with Crippen molar-refractivity contribution in [3.8, 4) is 22.3 Å². The molecule has 5 nitrogen and oxygen atoms in total. The van der Waals surface area contributed by atoms with E-state index in [1.54, 1.807) is 6.20 Å². The lowest BCUT2D eigenvalue weighted by Crippen LogP contribution is -2.16. The first kappa shape index (κ1) is 18.3. The number of anilines is 1. The molecule has 1 aliphatic rings. The third-order valence-corrected chi connectivity index (χ3v) is 5.52. The number of allylic oxidation sites excluding steroid dienone is 1. The van der Waals surface area contributed by atoms with Crippen LogP contribution in [0.3, 0.4) is 0 Å². The van der Waals surface area contributed by atoms with Crippen LogP contribution in [0.2, 0.25) is 0 Å². The molecule has 1 aliphatic heterocycles. The standard InChI is InChI=1S/C22H20N4OS/c1-14-5-6-17(18-4-3-11-23-13-18)12-20(14)16-7-9-19(10-8-16)24-22(27)21-15(2)25-26-28-21/h3-13,25-26H,1-2H3,(H,24,27). The lowest BCUT2D eigenvalue weighted by molar-refractivity contribution is -0.112. The third-order valence-electron chi connectivity index (χ3n) is 4.62. The van der Waals surface area contributed by atoms with Crippen molar-refractivity contribution in [2.24, 2.45) is 0 Å². The number of aromatic nitrogens is 1. The van der Waals surface area contributed by atoms with Crippen LogP contribution in [0.25, 0.3) is 22.3 Å². The van der Waals surface area contributed by atoms with Crippen LogP contribution in [0.4, 0.5) is 5.69 Å². The van der Waals surface area contributed by atoms with Gasteiger partial charge in [-0.25, -0.2) is 0 Å². The molecule has 0 spiro atoms. The Morgan fingerprint density at radius 3 is 2.46 bits per heavy atom. The molecular formula is C22H20N4OS. The molecule has 28 heavy (non-hydrogen) atoms. The average molecular weight is 388 g/mol. The van der Waals surface area contributed by atoms with Crippen molar-refractivity contribution < 1.29 is 4.79 Å². The zero-order chi connectivity index (χ0) is 19.5. The largest absolute Gasteiger partial charge is 0.321 e. The van der Waals surface area contributed by atoms with Gasteiger partial charge in [0.25, 0.3) is 5.91 Å². The molecule has 2 heterocycles. The van der Waals surface area contributed by atoms with Gasteiger partial charge in [0, 0.05) is 29.3 Å². The summed E-state index contributed by atoms with van der Waals surface area (Å²) in [6.07, 6.45) is 3.65. The van der Waals surface area contributed by atoms with Gasteiger partial charge in [0.2, 0.25) is 0 Å². The summed E-state index contributed by atoms with van der Waals surface area (Å²) in [6.45, 7) is 3.97. The van der Waals surface area contributed by atoms with E-state index in [9.17, 15) is 4.79 Å². The van der Waals surface area contributed by atoms with Gasteiger partial charge in [-0.3, -0.25) is 9.78 Å². The number of pyridine rings is 1. The van der Waals surface area contributed by atoms with E-state index in [0.29, 0.717) is 4.91 Å². The van der Waals surface area contributed by atoms with Crippen molar-refractivity contribution in [1.29, 1.82) is 0 Å². The second-order valence-electron chi connectivity index (χ2n) is 6.59. The molecule has 0 unspecified atom stereocenters. The Morgan fingerprint density at radius 1 is 1.00 bits per heavy atom. The van der Waals surface area contributed by atoms with E-state index in [1.165, 1.54) is 17.5 Å². The topological polar surface area (TPSA) is 66.0 Å². The molecule has 0 saturated heterocycles. The molecule has 0 bridgehead atoms. The van der Waals surface area contributed by atoms with Gasteiger partial charge in [-0.1, -0.05) is 30.3 Å². The highest BCUT2D eigenvalue weighted by atomic mass is 32.2. The maximum absolute atomic E-state index is 12.4. The quantitative estimate of drug-likeness (QED) is 0.568. The normalized spacial score (nSPS) is 13.4. The summed E-state index contributed by atoms with van der Waals surface area (Å²) >= 11 is 1.28. The average Bonchev–Trinajstić information content (AvgIpc) is 3.16. The zero-order valence-corrected chi connectivity index (χ0v) is 16.4. The minimum absolute atomic E-state index is 0.123. The summed E-state index contributed by atoms with van der Waals surface area (Å²) in [6, 6.07) is 18.3. The van der Waals surface area contributed by atoms with E-state index in [-0.39, 0.29) is 5.91 Å². The monoisotopic (exact) mass is 388 g/mol. The van der Waals surface area contributed by atoms with Crippen molar-refractivity contribution in [3.05, 3.63) is 83.2 Å². The number of hydrogen-bond acceptors (Lipinski definition) is 5. The molecule has 3 N–H and O–H groups in total. The number of hydrazine groups is 1. The summed E-state index contributed by atoms with van der Waals surface area (Å²) in [4.78, 5) is 20.1. The zero-order valence-electron chi connectivity index (χ0n) is 15.6. The van der Waals surface area contributed by atoms with Crippen molar-refractivity contribution in [3.63, 3.8) is 0 Å². The molecule has 0 atom stereocenters. The van der Waals surface area contributed by atoms with Crippen LogP contribution in [0, 0.1) is 6.92 Å². The highest BCUT2D eigenvalue weighted by Crippen LogP contribution is 2.30. The Hall–Kier alpha value is -3.09. The van der Waals surface area contributed by atoms with Crippen molar-refractivity contribution in [2.45, 2.75) is 13.8 Å². The second-order valence-corrected chi connectivity index (χ2v) is 7.40. The summed E-state index contributed by atoms with van der Waals surface area (Å²) in [5.41, 5.74) is 10.2.